The van der Waals surface area contributed by atoms with Gasteiger partial charge in [0.05, 0.1) is 11.4 Å². The fraction of sp³-hybridized carbons (Fsp3) is 0.500. The van der Waals surface area contributed by atoms with Crippen LogP contribution >= 0.6 is 0 Å². The first-order chi connectivity index (χ1) is 12.6. The molecule has 0 aliphatic carbocycles. The van der Waals surface area contributed by atoms with Crippen molar-refractivity contribution < 1.29 is 4.79 Å². The Kier molecular flexibility index (Phi) is 4.89. The van der Waals surface area contributed by atoms with Crippen molar-refractivity contribution in [3.63, 3.8) is 0 Å². The van der Waals surface area contributed by atoms with Crippen molar-refractivity contribution in [1.29, 1.82) is 0 Å². The van der Waals surface area contributed by atoms with E-state index in [1.807, 2.05) is 26.4 Å². The van der Waals surface area contributed by atoms with Crippen molar-refractivity contribution in [2.24, 2.45) is 5.92 Å². The highest BCUT2D eigenvalue weighted by molar-refractivity contribution is 5.82. The van der Waals surface area contributed by atoms with Crippen LogP contribution in [-0.2, 0) is 11.3 Å². The summed E-state index contributed by atoms with van der Waals surface area (Å²) in [6, 6.07) is 11.0. The molecule has 1 aromatic carbocycles. The fourth-order valence-electron chi connectivity index (χ4n) is 4.42. The number of hydrogen-bond donors (Lipinski definition) is 2. The summed E-state index contributed by atoms with van der Waals surface area (Å²) in [5.41, 5.74) is 8.95. The van der Waals surface area contributed by atoms with E-state index in [1.165, 1.54) is 17.4 Å². The lowest BCUT2D eigenvalue weighted by Gasteiger charge is -2.32. The van der Waals surface area contributed by atoms with Crippen molar-refractivity contribution in [2.45, 2.75) is 31.5 Å². The average molecular weight is 353 g/mol. The molecule has 2 N–H and O–H groups in total. The second-order valence-electron chi connectivity index (χ2n) is 7.56. The van der Waals surface area contributed by atoms with Gasteiger partial charge >= 0.3 is 0 Å². The number of hydrazine groups is 1. The maximum atomic E-state index is 12.6. The third kappa shape index (κ3) is 3.20. The Hall–Kier alpha value is -2.02. The molecule has 0 radical (unpaired) electrons. The molecule has 26 heavy (non-hydrogen) atoms. The van der Waals surface area contributed by atoms with E-state index in [2.05, 4.69) is 45.0 Å². The Labute approximate surface area is 154 Å². The van der Waals surface area contributed by atoms with Gasteiger partial charge in [0.1, 0.15) is 0 Å². The maximum absolute atomic E-state index is 12.6. The number of nitrogens with zero attached hydrogens (tertiary/aromatic N) is 3. The molecule has 2 aromatic rings. The monoisotopic (exact) mass is 353 g/mol. The SMILES string of the molecule is CN(C)C(=O)C1CNNC1C1CCCN1Cc1ccnc2ccccc12. The molecule has 2 aliphatic heterocycles. The lowest BCUT2D eigenvalue weighted by Crippen LogP contribution is -2.51. The average Bonchev–Trinajstić information content (AvgIpc) is 3.30. The van der Waals surface area contributed by atoms with E-state index >= 15 is 0 Å². The second kappa shape index (κ2) is 7.31. The molecule has 2 fully saturated rings. The minimum Gasteiger partial charge on any atom is -0.348 e. The molecule has 1 aromatic heterocycles. The number of benzene rings is 1. The van der Waals surface area contributed by atoms with E-state index in [0.717, 1.165) is 25.0 Å². The molecule has 6 nitrogen and oxygen atoms in total. The molecule has 2 saturated heterocycles. The zero-order valence-corrected chi connectivity index (χ0v) is 15.5. The van der Waals surface area contributed by atoms with Gasteiger partial charge in [0.15, 0.2) is 0 Å². The van der Waals surface area contributed by atoms with Crippen molar-refractivity contribution >= 4 is 16.8 Å². The Balaban J connectivity index is 1.56. The first-order valence-corrected chi connectivity index (χ1v) is 9.41. The second-order valence-corrected chi connectivity index (χ2v) is 7.56. The van der Waals surface area contributed by atoms with E-state index in [9.17, 15) is 4.79 Å². The summed E-state index contributed by atoms with van der Waals surface area (Å²) < 4.78 is 0. The van der Waals surface area contributed by atoms with Crippen LogP contribution in [0.1, 0.15) is 18.4 Å². The first kappa shape index (κ1) is 17.4. The molecular formula is C20H27N5O. The molecule has 3 heterocycles. The fourth-order valence-corrected chi connectivity index (χ4v) is 4.42. The van der Waals surface area contributed by atoms with E-state index in [-0.39, 0.29) is 17.9 Å². The van der Waals surface area contributed by atoms with E-state index in [0.29, 0.717) is 12.6 Å². The van der Waals surface area contributed by atoms with E-state index in [4.69, 9.17) is 0 Å². The van der Waals surface area contributed by atoms with Crippen molar-refractivity contribution in [1.82, 2.24) is 25.6 Å². The van der Waals surface area contributed by atoms with Crippen LogP contribution in [0, 0.1) is 5.92 Å². The number of amides is 1. The normalized spacial score (nSPS) is 26.5. The number of rotatable bonds is 4. The molecule has 0 bridgehead atoms. The van der Waals surface area contributed by atoms with Gasteiger partial charge in [-0.3, -0.25) is 25.5 Å². The Morgan fingerprint density at radius 1 is 1.31 bits per heavy atom. The largest absolute Gasteiger partial charge is 0.348 e. The Morgan fingerprint density at radius 2 is 2.15 bits per heavy atom. The molecule has 138 valence electrons. The van der Waals surface area contributed by atoms with Crippen LogP contribution < -0.4 is 10.9 Å². The van der Waals surface area contributed by atoms with E-state index in [1.54, 1.807) is 4.90 Å². The van der Waals surface area contributed by atoms with Crippen molar-refractivity contribution in [3.05, 3.63) is 42.1 Å². The molecule has 0 spiro atoms. The van der Waals surface area contributed by atoms with Crippen LogP contribution in [0.3, 0.4) is 0 Å². The highest BCUT2D eigenvalue weighted by atomic mass is 16.2. The Bertz CT molecular complexity index is 787. The number of aromatic nitrogens is 1. The van der Waals surface area contributed by atoms with Gasteiger partial charge in [-0.15, -0.1) is 0 Å². The molecule has 3 unspecified atom stereocenters. The van der Waals surface area contributed by atoms with Gasteiger partial charge in [-0.2, -0.15) is 0 Å². The summed E-state index contributed by atoms with van der Waals surface area (Å²) in [5, 5.41) is 1.22. The summed E-state index contributed by atoms with van der Waals surface area (Å²) in [4.78, 5) is 21.3. The number of carbonyl (C=O) groups excluding carboxylic acids is 1. The number of hydrogen-bond acceptors (Lipinski definition) is 5. The van der Waals surface area contributed by atoms with E-state index < -0.39 is 0 Å². The first-order valence-electron chi connectivity index (χ1n) is 9.41. The predicted molar refractivity (Wildman–Crippen MR) is 102 cm³/mol. The van der Waals surface area contributed by atoms with Gasteiger partial charge in [0, 0.05) is 50.9 Å². The number of pyridine rings is 1. The van der Waals surface area contributed by atoms with Crippen LogP contribution in [0.15, 0.2) is 36.5 Å². The van der Waals surface area contributed by atoms with Crippen LogP contribution in [0.25, 0.3) is 10.9 Å². The molecular weight excluding hydrogens is 326 g/mol. The maximum Gasteiger partial charge on any atom is 0.228 e. The number of nitrogens with one attached hydrogen (secondary N) is 2. The third-order valence-corrected chi connectivity index (χ3v) is 5.72. The smallest absolute Gasteiger partial charge is 0.228 e. The highest BCUT2D eigenvalue weighted by Gasteiger charge is 2.42. The lowest BCUT2D eigenvalue weighted by molar-refractivity contribution is -0.133. The van der Waals surface area contributed by atoms with Gasteiger partial charge in [-0.1, -0.05) is 18.2 Å². The van der Waals surface area contributed by atoms with Gasteiger partial charge in [-0.05, 0) is 37.1 Å². The molecule has 3 atom stereocenters. The zero-order valence-electron chi connectivity index (χ0n) is 15.5. The standard InChI is InChI=1S/C20H27N5O/c1-24(2)20(26)16-12-22-23-19(16)18-8-5-11-25(18)13-14-9-10-21-17-7-4-3-6-15(14)17/h3-4,6-7,9-10,16,18-19,22-23H,5,8,11-13H2,1-2H3. The predicted octanol–water partition coefficient (Wildman–Crippen LogP) is 1.38. The van der Waals surface area contributed by atoms with Crippen LogP contribution in [0.5, 0.6) is 0 Å². The summed E-state index contributed by atoms with van der Waals surface area (Å²) in [6.07, 6.45) is 4.20. The van der Waals surface area contributed by atoms with Crippen molar-refractivity contribution in [3.8, 4) is 0 Å². The topological polar surface area (TPSA) is 60.5 Å². The summed E-state index contributed by atoms with van der Waals surface area (Å²) in [5.74, 6) is 0.193. The molecule has 1 amide bonds. The van der Waals surface area contributed by atoms with Crippen LogP contribution in [0.2, 0.25) is 0 Å². The van der Waals surface area contributed by atoms with Gasteiger partial charge in [-0.25, -0.2) is 0 Å². The minimum absolute atomic E-state index is 0.00946. The summed E-state index contributed by atoms with van der Waals surface area (Å²) >= 11 is 0. The summed E-state index contributed by atoms with van der Waals surface area (Å²) in [6.45, 7) is 2.67. The number of carbonyl (C=O) groups is 1. The third-order valence-electron chi connectivity index (χ3n) is 5.72. The van der Waals surface area contributed by atoms with Gasteiger partial charge in [0.2, 0.25) is 5.91 Å². The van der Waals surface area contributed by atoms with Gasteiger partial charge < -0.3 is 4.90 Å². The lowest BCUT2D eigenvalue weighted by atomic mass is 9.92. The number of likely N-dealkylation sites (tertiary alicyclic amines) is 1. The van der Waals surface area contributed by atoms with Crippen LogP contribution in [-0.4, -0.2) is 60.0 Å². The molecule has 4 rings (SSSR count). The number of para-hydroxylation sites is 1. The summed E-state index contributed by atoms with van der Waals surface area (Å²) in [7, 11) is 3.68. The molecule has 0 saturated carbocycles. The quantitative estimate of drug-likeness (QED) is 0.870. The molecule has 6 heteroatoms. The number of fused-ring (bicyclic) bond motifs is 1. The zero-order chi connectivity index (χ0) is 18.1. The van der Waals surface area contributed by atoms with Gasteiger partial charge in [0.25, 0.3) is 0 Å². The minimum atomic E-state index is -0.00946. The Morgan fingerprint density at radius 3 is 3.00 bits per heavy atom. The highest BCUT2D eigenvalue weighted by Crippen LogP contribution is 2.29. The van der Waals surface area contributed by atoms with Crippen LogP contribution in [0.4, 0.5) is 0 Å². The molecule has 2 aliphatic rings. The van der Waals surface area contributed by atoms with Crippen molar-refractivity contribution in [2.75, 3.05) is 27.2 Å².